The number of anilines is 2. The fourth-order valence-electron chi connectivity index (χ4n) is 2.70. The molecule has 2 N–H and O–H groups in total. The minimum absolute atomic E-state index is 0.0777. The van der Waals surface area contributed by atoms with Gasteiger partial charge in [-0.2, -0.15) is 0 Å². The van der Waals surface area contributed by atoms with Gasteiger partial charge in [0.25, 0.3) is 5.91 Å². The van der Waals surface area contributed by atoms with Crippen molar-refractivity contribution in [1.29, 1.82) is 0 Å². The third-order valence-electron chi connectivity index (χ3n) is 3.97. The summed E-state index contributed by atoms with van der Waals surface area (Å²) >= 11 is 13.8. The fraction of sp³-hybridized carbons (Fsp3) is 0.105. The Balaban J connectivity index is 1.47. The molecule has 1 aliphatic rings. The summed E-state index contributed by atoms with van der Waals surface area (Å²) in [6, 6.07) is 10.6. The number of hydrogen-bond donors (Lipinski definition) is 2. The van der Waals surface area contributed by atoms with Crippen molar-refractivity contribution in [3.8, 4) is 16.3 Å². The first-order valence-electron chi connectivity index (χ1n) is 8.25. The van der Waals surface area contributed by atoms with Crippen molar-refractivity contribution in [2.75, 3.05) is 17.2 Å². The molecule has 28 heavy (non-hydrogen) atoms. The van der Waals surface area contributed by atoms with Gasteiger partial charge in [-0.1, -0.05) is 41.4 Å². The van der Waals surface area contributed by atoms with E-state index in [0.29, 0.717) is 32.9 Å². The van der Waals surface area contributed by atoms with Crippen LogP contribution in [-0.4, -0.2) is 23.4 Å². The Morgan fingerprint density at radius 3 is 2.89 bits per heavy atom. The lowest BCUT2D eigenvalue weighted by atomic mass is 10.2. The molecule has 0 aliphatic carbocycles. The second-order valence-corrected chi connectivity index (χ2v) is 7.69. The Bertz CT molecular complexity index is 1080. The van der Waals surface area contributed by atoms with Crippen LogP contribution in [0.4, 0.5) is 11.4 Å². The smallest absolute Gasteiger partial charge is 0.262 e. The number of fused-ring (bicyclic) bond motifs is 1. The lowest BCUT2D eigenvalue weighted by molar-refractivity contribution is -0.118. The largest absolute Gasteiger partial charge is 0.482 e. The minimum atomic E-state index is -0.266. The van der Waals surface area contributed by atoms with Crippen molar-refractivity contribution in [1.82, 2.24) is 4.98 Å². The van der Waals surface area contributed by atoms with Crippen molar-refractivity contribution in [3.05, 3.63) is 57.5 Å². The van der Waals surface area contributed by atoms with Crippen LogP contribution in [0.5, 0.6) is 5.75 Å². The number of amides is 2. The maximum absolute atomic E-state index is 12.4. The molecule has 2 aromatic carbocycles. The zero-order chi connectivity index (χ0) is 19.7. The fourth-order valence-corrected chi connectivity index (χ4v) is 4.05. The number of carbonyl (C=O) groups excluding carboxylic acids is 2. The Morgan fingerprint density at radius 1 is 1.25 bits per heavy atom. The Morgan fingerprint density at radius 2 is 2.07 bits per heavy atom. The summed E-state index contributed by atoms with van der Waals surface area (Å²) < 4.78 is 5.35. The quantitative estimate of drug-likeness (QED) is 0.628. The molecular formula is C19H13Cl2N3O3S. The average Bonchev–Trinajstić information content (AvgIpc) is 3.11. The van der Waals surface area contributed by atoms with Gasteiger partial charge < -0.3 is 15.4 Å². The summed E-state index contributed by atoms with van der Waals surface area (Å²) in [5.74, 6) is -0.0649. The molecule has 0 radical (unpaired) electrons. The summed E-state index contributed by atoms with van der Waals surface area (Å²) in [5.41, 5.74) is 2.35. The molecule has 0 saturated carbocycles. The molecule has 2 heterocycles. The molecule has 3 aromatic rings. The van der Waals surface area contributed by atoms with Gasteiger partial charge in [0.1, 0.15) is 10.8 Å². The summed E-state index contributed by atoms with van der Waals surface area (Å²) in [4.78, 5) is 28.3. The third-order valence-corrected chi connectivity index (χ3v) is 5.54. The number of carbonyl (C=O) groups is 2. The number of hydrogen-bond acceptors (Lipinski definition) is 5. The number of ether oxygens (including phenoxy) is 1. The van der Waals surface area contributed by atoms with Gasteiger partial charge in [0.05, 0.1) is 33.5 Å². The van der Waals surface area contributed by atoms with Gasteiger partial charge in [0, 0.05) is 17.0 Å². The van der Waals surface area contributed by atoms with Gasteiger partial charge in [-0.15, -0.1) is 11.3 Å². The predicted octanol–water partition coefficient (Wildman–Crippen LogP) is 4.63. The Hall–Kier alpha value is -2.61. The third kappa shape index (κ3) is 3.96. The standard InChI is InChI=1S/C19H13Cl2N3O3S/c20-12-4-2-1-3-11(12)19-22-10(9-28-19)5-17(25)23-14-7-16-15(6-13(14)21)24-18(26)8-27-16/h1-4,6-7,9H,5,8H2,(H,23,25)(H,24,26). The SMILES string of the molecule is O=C(Cc1csc(-c2ccccc2Cl)n1)Nc1cc2c(cc1Cl)NC(=O)CO2. The summed E-state index contributed by atoms with van der Waals surface area (Å²) in [7, 11) is 0. The van der Waals surface area contributed by atoms with Crippen LogP contribution in [0.2, 0.25) is 10.0 Å². The van der Waals surface area contributed by atoms with Crippen LogP contribution >= 0.6 is 34.5 Å². The van der Waals surface area contributed by atoms with Crippen LogP contribution in [0.3, 0.4) is 0 Å². The van der Waals surface area contributed by atoms with E-state index in [1.54, 1.807) is 18.2 Å². The van der Waals surface area contributed by atoms with Gasteiger partial charge in [0.2, 0.25) is 5.91 Å². The molecule has 142 valence electrons. The number of nitrogens with zero attached hydrogens (tertiary/aromatic N) is 1. The van der Waals surface area contributed by atoms with Crippen molar-refractivity contribution in [3.63, 3.8) is 0 Å². The number of nitrogens with one attached hydrogen (secondary N) is 2. The van der Waals surface area contributed by atoms with E-state index in [9.17, 15) is 9.59 Å². The maximum Gasteiger partial charge on any atom is 0.262 e. The molecule has 0 fully saturated rings. The second-order valence-electron chi connectivity index (χ2n) is 6.01. The Labute approximate surface area is 174 Å². The second kappa shape index (κ2) is 7.79. The van der Waals surface area contributed by atoms with E-state index in [-0.39, 0.29) is 24.8 Å². The van der Waals surface area contributed by atoms with Gasteiger partial charge in [-0.3, -0.25) is 9.59 Å². The molecule has 1 aromatic heterocycles. The number of aromatic nitrogens is 1. The minimum Gasteiger partial charge on any atom is -0.482 e. The lowest BCUT2D eigenvalue weighted by Crippen LogP contribution is -2.25. The number of halogens is 2. The summed E-state index contributed by atoms with van der Waals surface area (Å²) in [6.07, 6.45) is 0.0892. The van der Waals surface area contributed by atoms with Crippen LogP contribution in [0.15, 0.2) is 41.8 Å². The molecule has 2 amide bonds. The molecule has 9 heteroatoms. The van der Waals surface area contributed by atoms with Crippen LogP contribution in [0, 0.1) is 0 Å². The zero-order valence-electron chi connectivity index (χ0n) is 14.3. The molecular weight excluding hydrogens is 421 g/mol. The first-order valence-corrected chi connectivity index (χ1v) is 9.88. The zero-order valence-corrected chi connectivity index (χ0v) is 16.6. The summed E-state index contributed by atoms with van der Waals surface area (Å²) in [5, 5.41) is 8.91. The highest BCUT2D eigenvalue weighted by molar-refractivity contribution is 7.13. The maximum atomic E-state index is 12.4. The van der Waals surface area contributed by atoms with Crippen LogP contribution in [0.25, 0.3) is 10.6 Å². The van der Waals surface area contributed by atoms with Crippen LogP contribution in [-0.2, 0) is 16.0 Å². The van der Waals surface area contributed by atoms with Crippen molar-refractivity contribution in [2.24, 2.45) is 0 Å². The highest BCUT2D eigenvalue weighted by Gasteiger charge is 2.19. The first-order chi connectivity index (χ1) is 13.5. The molecule has 0 bridgehead atoms. The number of thiazole rings is 1. The van der Waals surface area contributed by atoms with Gasteiger partial charge in [-0.05, 0) is 12.1 Å². The average molecular weight is 434 g/mol. The van der Waals surface area contributed by atoms with E-state index in [1.807, 2.05) is 23.6 Å². The first kappa shape index (κ1) is 18.7. The van der Waals surface area contributed by atoms with Crippen LogP contribution < -0.4 is 15.4 Å². The van der Waals surface area contributed by atoms with Gasteiger partial charge in [0.15, 0.2) is 6.61 Å². The lowest BCUT2D eigenvalue weighted by Gasteiger charge is -2.19. The molecule has 1 aliphatic heterocycles. The molecule has 0 saturated heterocycles. The van der Waals surface area contributed by atoms with Crippen molar-refractivity contribution < 1.29 is 14.3 Å². The molecule has 0 unspecified atom stereocenters. The molecule has 6 nitrogen and oxygen atoms in total. The highest BCUT2D eigenvalue weighted by atomic mass is 35.5. The van der Waals surface area contributed by atoms with E-state index < -0.39 is 0 Å². The predicted molar refractivity (Wildman–Crippen MR) is 110 cm³/mol. The normalized spacial score (nSPS) is 12.7. The monoisotopic (exact) mass is 433 g/mol. The molecule has 4 rings (SSSR count). The van der Waals surface area contributed by atoms with E-state index in [1.165, 1.54) is 11.3 Å². The number of benzene rings is 2. The van der Waals surface area contributed by atoms with Crippen molar-refractivity contribution in [2.45, 2.75) is 6.42 Å². The molecule has 0 atom stereocenters. The molecule has 0 spiro atoms. The van der Waals surface area contributed by atoms with E-state index >= 15 is 0 Å². The number of rotatable bonds is 4. The topological polar surface area (TPSA) is 80.3 Å². The van der Waals surface area contributed by atoms with E-state index in [4.69, 9.17) is 27.9 Å². The van der Waals surface area contributed by atoms with Crippen molar-refractivity contribution >= 4 is 57.7 Å². The van der Waals surface area contributed by atoms with E-state index in [2.05, 4.69) is 15.6 Å². The highest BCUT2D eigenvalue weighted by Crippen LogP contribution is 2.36. The van der Waals surface area contributed by atoms with E-state index in [0.717, 1.165) is 10.6 Å². The van der Waals surface area contributed by atoms with Gasteiger partial charge >= 0.3 is 0 Å². The van der Waals surface area contributed by atoms with Crippen LogP contribution in [0.1, 0.15) is 5.69 Å². The summed E-state index contributed by atoms with van der Waals surface area (Å²) in [6.45, 7) is -0.0777. The van der Waals surface area contributed by atoms with Gasteiger partial charge in [-0.25, -0.2) is 4.98 Å². The Kier molecular flexibility index (Phi) is 5.21.